The smallest absolute Gasteiger partial charge is 0.307 e. The van der Waals surface area contributed by atoms with Crippen LogP contribution in [0, 0.1) is 0 Å². The summed E-state index contributed by atoms with van der Waals surface area (Å²) in [6.07, 6.45) is 1.59. The van der Waals surface area contributed by atoms with Crippen LogP contribution in [0.15, 0.2) is 11.0 Å². The summed E-state index contributed by atoms with van der Waals surface area (Å²) in [5.74, 6) is -0.302. The SMILES string of the molecule is CCOC(=O)CCNc1cn[nH]c(=O)c1Cl. The Hall–Kier alpha value is -1.56. The zero-order valence-electron chi connectivity index (χ0n) is 8.75. The Balaban J connectivity index is 2.46. The molecule has 1 rings (SSSR count). The molecule has 1 heterocycles. The van der Waals surface area contributed by atoms with Crippen molar-refractivity contribution in [2.24, 2.45) is 0 Å². The Morgan fingerprint density at radius 1 is 1.69 bits per heavy atom. The zero-order chi connectivity index (χ0) is 12.0. The number of H-pyrrole nitrogens is 1. The van der Waals surface area contributed by atoms with Crippen LogP contribution in [0.5, 0.6) is 0 Å². The molecule has 88 valence electrons. The third-order valence-electron chi connectivity index (χ3n) is 1.75. The summed E-state index contributed by atoms with van der Waals surface area (Å²) in [6.45, 7) is 2.43. The average Bonchev–Trinajstić information content (AvgIpc) is 2.25. The number of halogens is 1. The predicted molar refractivity (Wildman–Crippen MR) is 59.6 cm³/mol. The number of nitrogens with one attached hydrogen (secondary N) is 2. The molecule has 0 spiro atoms. The summed E-state index contributed by atoms with van der Waals surface area (Å²) in [5, 5.41) is 8.62. The van der Waals surface area contributed by atoms with Gasteiger partial charge in [-0.1, -0.05) is 11.6 Å². The van der Waals surface area contributed by atoms with Gasteiger partial charge < -0.3 is 10.1 Å². The summed E-state index contributed by atoms with van der Waals surface area (Å²) in [7, 11) is 0. The van der Waals surface area contributed by atoms with E-state index in [9.17, 15) is 9.59 Å². The van der Waals surface area contributed by atoms with Gasteiger partial charge in [0.25, 0.3) is 5.56 Å². The fourth-order valence-corrected chi connectivity index (χ4v) is 1.20. The first-order valence-electron chi connectivity index (χ1n) is 4.77. The fourth-order valence-electron chi connectivity index (χ4n) is 1.04. The van der Waals surface area contributed by atoms with Crippen LogP contribution in [0.1, 0.15) is 13.3 Å². The van der Waals surface area contributed by atoms with Crippen LogP contribution in [0.25, 0.3) is 0 Å². The minimum atomic E-state index is -0.470. The molecule has 0 radical (unpaired) electrons. The van der Waals surface area contributed by atoms with Gasteiger partial charge in [-0.05, 0) is 6.92 Å². The highest BCUT2D eigenvalue weighted by atomic mass is 35.5. The molecule has 7 heteroatoms. The minimum absolute atomic E-state index is 0.0267. The Kier molecular flexibility index (Phi) is 4.78. The van der Waals surface area contributed by atoms with Crippen LogP contribution in [0.4, 0.5) is 5.69 Å². The van der Waals surface area contributed by atoms with Crippen molar-refractivity contribution in [3.63, 3.8) is 0 Å². The van der Waals surface area contributed by atoms with Crippen molar-refractivity contribution < 1.29 is 9.53 Å². The highest BCUT2D eigenvalue weighted by Crippen LogP contribution is 2.13. The number of esters is 1. The zero-order valence-corrected chi connectivity index (χ0v) is 9.50. The van der Waals surface area contributed by atoms with Gasteiger partial charge in [-0.25, -0.2) is 5.10 Å². The van der Waals surface area contributed by atoms with Crippen LogP contribution in [0.3, 0.4) is 0 Å². The van der Waals surface area contributed by atoms with Crippen molar-refractivity contribution in [2.45, 2.75) is 13.3 Å². The van der Waals surface area contributed by atoms with Gasteiger partial charge >= 0.3 is 5.97 Å². The summed E-state index contributed by atoms with van der Waals surface area (Å²) < 4.78 is 4.74. The number of hydrogen-bond acceptors (Lipinski definition) is 5. The Labute approximate surface area is 97.0 Å². The number of nitrogens with zero attached hydrogens (tertiary/aromatic N) is 1. The van der Waals surface area contributed by atoms with Crippen molar-refractivity contribution in [1.82, 2.24) is 10.2 Å². The lowest BCUT2D eigenvalue weighted by Crippen LogP contribution is -2.15. The van der Waals surface area contributed by atoms with Gasteiger partial charge in [-0.2, -0.15) is 5.10 Å². The first-order valence-corrected chi connectivity index (χ1v) is 5.15. The molecule has 0 aliphatic carbocycles. The van der Waals surface area contributed by atoms with Gasteiger partial charge in [0.15, 0.2) is 0 Å². The Morgan fingerprint density at radius 3 is 3.12 bits per heavy atom. The second kappa shape index (κ2) is 6.12. The molecule has 1 aromatic heterocycles. The molecule has 0 aliphatic heterocycles. The minimum Gasteiger partial charge on any atom is -0.466 e. The summed E-state index contributed by atoms with van der Waals surface area (Å²) in [4.78, 5) is 22.1. The van der Waals surface area contributed by atoms with Crippen molar-refractivity contribution in [2.75, 3.05) is 18.5 Å². The van der Waals surface area contributed by atoms with E-state index in [2.05, 4.69) is 15.5 Å². The molecule has 2 N–H and O–H groups in total. The number of rotatable bonds is 5. The second-order valence-corrected chi connectivity index (χ2v) is 3.29. The van der Waals surface area contributed by atoms with E-state index in [4.69, 9.17) is 16.3 Å². The average molecular weight is 246 g/mol. The lowest BCUT2D eigenvalue weighted by atomic mass is 10.4. The van der Waals surface area contributed by atoms with E-state index in [-0.39, 0.29) is 17.4 Å². The van der Waals surface area contributed by atoms with Crippen molar-refractivity contribution in [3.05, 3.63) is 21.6 Å². The summed E-state index contributed by atoms with van der Waals surface area (Å²) >= 11 is 5.71. The molecule has 6 nitrogen and oxygen atoms in total. The first kappa shape index (κ1) is 12.5. The number of carbonyl (C=O) groups excluding carboxylic acids is 1. The van der Waals surface area contributed by atoms with E-state index in [1.54, 1.807) is 6.92 Å². The van der Waals surface area contributed by atoms with Crippen LogP contribution in [0.2, 0.25) is 5.02 Å². The van der Waals surface area contributed by atoms with E-state index in [1.165, 1.54) is 6.20 Å². The van der Waals surface area contributed by atoms with Gasteiger partial charge in [-0.15, -0.1) is 0 Å². The maximum Gasteiger partial charge on any atom is 0.307 e. The Bertz CT molecular complexity index is 419. The van der Waals surface area contributed by atoms with Crippen LogP contribution in [-0.2, 0) is 9.53 Å². The third kappa shape index (κ3) is 3.54. The molecule has 0 amide bonds. The molecule has 16 heavy (non-hydrogen) atoms. The molecule has 0 aromatic carbocycles. The van der Waals surface area contributed by atoms with Crippen LogP contribution in [-0.4, -0.2) is 29.3 Å². The van der Waals surface area contributed by atoms with E-state index < -0.39 is 5.56 Å². The molecule has 0 saturated carbocycles. The number of aromatic amines is 1. The Morgan fingerprint density at radius 2 is 2.44 bits per heavy atom. The molecule has 1 aromatic rings. The van der Waals surface area contributed by atoms with Crippen molar-refractivity contribution >= 4 is 23.3 Å². The van der Waals surface area contributed by atoms with Crippen LogP contribution < -0.4 is 10.9 Å². The maximum atomic E-state index is 11.1. The van der Waals surface area contributed by atoms with Gasteiger partial charge in [0.2, 0.25) is 0 Å². The van der Waals surface area contributed by atoms with E-state index in [1.807, 2.05) is 0 Å². The molecule has 0 unspecified atom stereocenters. The van der Waals surface area contributed by atoms with Crippen LogP contribution >= 0.6 is 11.6 Å². The van der Waals surface area contributed by atoms with E-state index >= 15 is 0 Å². The van der Waals surface area contributed by atoms with E-state index in [0.717, 1.165) is 0 Å². The molecular weight excluding hydrogens is 234 g/mol. The lowest BCUT2D eigenvalue weighted by molar-refractivity contribution is -0.142. The molecule has 0 bridgehead atoms. The van der Waals surface area contributed by atoms with E-state index in [0.29, 0.717) is 18.8 Å². The number of aromatic nitrogens is 2. The standard InChI is InChI=1S/C9H12ClN3O3/c1-2-16-7(14)3-4-11-6-5-12-13-9(15)8(6)10/h5H,2-4H2,1H3,(H2,11,13,15). The van der Waals surface area contributed by atoms with Gasteiger partial charge in [0.05, 0.1) is 24.9 Å². The number of anilines is 1. The lowest BCUT2D eigenvalue weighted by Gasteiger charge is -2.06. The molecule has 0 saturated heterocycles. The normalized spacial score (nSPS) is 9.88. The number of ether oxygens (including phenoxy) is 1. The molecule has 0 aliphatic rings. The van der Waals surface area contributed by atoms with Gasteiger partial charge in [-0.3, -0.25) is 9.59 Å². The molecule has 0 fully saturated rings. The predicted octanol–water partition coefficient (Wildman–Crippen LogP) is 0.788. The quantitative estimate of drug-likeness (QED) is 0.750. The fraction of sp³-hybridized carbons (Fsp3) is 0.444. The first-order chi connectivity index (χ1) is 7.65. The van der Waals surface area contributed by atoms with Crippen molar-refractivity contribution in [1.29, 1.82) is 0 Å². The number of hydrogen-bond donors (Lipinski definition) is 2. The molecular formula is C9H12ClN3O3. The monoisotopic (exact) mass is 245 g/mol. The highest BCUT2D eigenvalue weighted by molar-refractivity contribution is 6.32. The maximum absolute atomic E-state index is 11.1. The highest BCUT2D eigenvalue weighted by Gasteiger charge is 2.05. The summed E-state index contributed by atoms with van der Waals surface area (Å²) in [6, 6.07) is 0. The third-order valence-corrected chi connectivity index (χ3v) is 2.12. The van der Waals surface area contributed by atoms with Gasteiger partial charge in [0, 0.05) is 6.54 Å². The largest absolute Gasteiger partial charge is 0.466 e. The molecule has 0 atom stereocenters. The topological polar surface area (TPSA) is 84.1 Å². The second-order valence-electron chi connectivity index (χ2n) is 2.91. The van der Waals surface area contributed by atoms with Gasteiger partial charge in [0.1, 0.15) is 5.02 Å². The number of carbonyl (C=O) groups is 1. The van der Waals surface area contributed by atoms with Crippen molar-refractivity contribution in [3.8, 4) is 0 Å². The summed E-state index contributed by atoms with van der Waals surface area (Å²) in [5.41, 5.74) is -0.0717.